The largest absolute Gasteiger partial charge is 0.366 e. The molecule has 24 heavy (non-hydrogen) atoms. The average Bonchev–Trinajstić information content (AvgIpc) is 3.04. The van der Waals surface area contributed by atoms with Crippen molar-refractivity contribution >= 4 is 29.0 Å². The standard InChI is InChI=1S/C19H15ClN2O2/c1-12(23)22-16-8-4-13(5-9-16)17-10-21-11-18(17)19(24)14-2-6-15(20)7-3-14/h2-11,21H,1H3,(H,22,23). The van der Waals surface area contributed by atoms with Crippen LogP contribution in [0.3, 0.4) is 0 Å². The van der Waals surface area contributed by atoms with Crippen LogP contribution in [0.1, 0.15) is 22.8 Å². The summed E-state index contributed by atoms with van der Waals surface area (Å²) in [7, 11) is 0. The Bertz CT molecular complexity index is 880. The fraction of sp³-hybridized carbons (Fsp3) is 0.0526. The summed E-state index contributed by atoms with van der Waals surface area (Å²) in [5.74, 6) is -0.197. The molecular formula is C19H15ClN2O2. The number of carbonyl (C=O) groups is 2. The Kier molecular flexibility index (Phi) is 4.49. The van der Waals surface area contributed by atoms with Crippen LogP contribution in [0, 0.1) is 0 Å². The molecule has 0 bridgehead atoms. The zero-order valence-corrected chi connectivity index (χ0v) is 13.7. The first kappa shape index (κ1) is 16.0. The van der Waals surface area contributed by atoms with E-state index < -0.39 is 0 Å². The topological polar surface area (TPSA) is 62.0 Å². The minimum absolute atomic E-state index is 0.0751. The second-order valence-electron chi connectivity index (χ2n) is 5.38. The van der Waals surface area contributed by atoms with Gasteiger partial charge in [-0.15, -0.1) is 0 Å². The average molecular weight is 339 g/mol. The molecule has 0 aliphatic heterocycles. The summed E-state index contributed by atoms with van der Waals surface area (Å²) in [5, 5.41) is 3.31. The predicted octanol–water partition coefficient (Wildman–Crippen LogP) is 4.52. The van der Waals surface area contributed by atoms with Crippen molar-refractivity contribution < 1.29 is 9.59 Å². The number of rotatable bonds is 4. The lowest BCUT2D eigenvalue weighted by Crippen LogP contribution is -2.05. The van der Waals surface area contributed by atoms with Crippen molar-refractivity contribution in [3.05, 3.63) is 77.1 Å². The number of anilines is 1. The number of aromatic amines is 1. The number of ketones is 1. The van der Waals surface area contributed by atoms with Crippen molar-refractivity contribution in [2.24, 2.45) is 0 Å². The Hall–Kier alpha value is -2.85. The molecule has 0 saturated heterocycles. The lowest BCUT2D eigenvalue weighted by Gasteiger charge is -2.06. The maximum absolute atomic E-state index is 12.7. The van der Waals surface area contributed by atoms with Gasteiger partial charge in [0.15, 0.2) is 5.78 Å². The highest BCUT2D eigenvalue weighted by molar-refractivity contribution is 6.30. The number of amides is 1. The predicted molar refractivity (Wildman–Crippen MR) is 95.4 cm³/mol. The van der Waals surface area contributed by atoms with E-state index in [1.807, 2.05) is 12.1 Å². The van der Waals surface area contributed by atoms with E-state index in [2.05, 4.69) is 10.3 Å². The highest BCUT2D eigenvalue weighted by atomic mass is 35.5. The minimum Gasteiger partial charge on any atom is -0.366 e. The van der Waals surface area contributed by atoms with Gasteiger partial charge >= 0.3 is 0 Å². The molecule has 4 nitrogen and oxygen atoms in total. The Balaban J connectivity index is 1.91. The number of aromatic nitrogens is 1. The van der Waals surface area contributed by atoms with Gasteiger partial charge in [-0.05, 0) is 42.0 Å². The highest BCUT2D eigenvalue weighted by Gasteiger charge is 2.16. The maximum Gasteiger partial charge on any atom is 0.221 e. The number of hydrogen-bond donors (Lipinski definition) is 2. The number of benzene rings is 2. The molecule has 1 aromatic heterocycles. The maximum atomic E-state index is 12.7. The SMILES string of the molecule is CC(=O)Nc1ccc(-c2c[nH]cc2C(=O)c2ccc(Cl)cc2)cc1. The van der Waals surface area contributed by atoms with Gasteiger partial charge in [0.25, 0.3) is 0 Å². The third-order valence-electron chi connectivity index (χ3n) is 3.61. The first-order chi connectivity index (χ1) is 11.5. The lowest BCUT2D eigenvalue weighted by atomic mass is 9.98. The van der Waals surface area contributed by atoms with Crippen LogP contribution in [0.4, 0.5) is 5.69 Å². The van der Waals surface area contributed by atoms with E-state index in [1.54, 1.807) is 48.8 Å². The molecule has 120 valence electrons. The molecule has 3 rings (SSSR count). The number of H-pyrrole nitrogens is 1. The van der Waals surface area contributed by atoms with Crippen molar-refractivity contribution in [3.8, 4) is 11.1 Å². The van der Waals surface area contributed by atoms with Gasteiger partial charge < -0.3 is 10.3 Å². The second kappa shape index (κ2) is 6.72. The van der Waals surface area contributed by atoms with Crippen LogP contribution in [0.15, 0.2) is 60.9 Å². The summed E-state index contributed by atoms with van der Waals surface area (Å²) < 4.78 is 0. The Labute approximate surface area is 144 Å². The normalized spacial score (nSPS) is 10.4. The molecule has 3 aromatic rings. The van der Waals surface area contributed by atoms with Crippen molar-refractivity contribution in [1.29, 1.82) is 0 Å². The summed E-state index contributed by atoms with van der Waals surface area (Å²) >= 11 is 5.87. The van der Waals surface area contributed by atoms with E-state index in [0.29, 0.717) is 21.8 Å². The van der Waals surface area contributed by atoms with Gasteiger partial charge in [0, 0.05) is 46.7 Å². The van der Waals surface area contributed by atoms with Gasteiger partial charge in [-0.1, -0.05) is 23.7 Å². The van der Waals surface area contributed by atoms with E-state index >= 15 is 0 Å². The highest BCUT2D eigenvalue weighted by Crippen LogP contribution is 2.27. The van der Waals surface area contributed by atoms with Gasteiger partial charge in [0.1, 0.15) is 0 Å². The monoisotopic (exact) mass is 338 g/mol. The zero-order chi connectivity index (χ0) is 17.1. The van der Waals surface area contributed by atoms with Crippen LogP contribution in [-0.4, -0.2) is 16.7 Å². The van der Waals surface area contributed by atoms with Crippen molar-refractivity contribution in [1.82, 2.24) is 4.98 Å². The Morgan fingerprint density at radius 2 is 1.62 bits per heavy atom. The first-order valence-corrected chi connectivity index (χ1v) is 7.77. The van der Waals surface area contributed by atoms with Crippen molar-refractivity contribution in [2.45, 2.75) is 6.92 Å². The van der Waals surface area contributed by atoms with Gasteiger partial charge in [0.05, 0.1) is 0 Å². The Morgan fingerprint density at radius 1 is 0.958 bits per heavy atom. The quantitative estimate of drug-likeness (QED) is 0.687. The fourth-order valence-corrected chi connectivity index (χ4v) is 2.61. The molecule has 1 heterocycles. The van der Waals surface area contributed by atoms with E-state index in [0.717, 1.165) is 11.1 Å². The van der Waals surface area contributed by atoms with E-state index in [-0.39, 0.29) is 11.7 Å². The summed E-state index contributed by atoms with van der Waals surface area (Å²) in [4.78, 5) is 26.8. The number of hydrogen-bond acceptors (Lipinski definition) is 2. The molecule has 1 amide bonds. The third kappa shape index (κ3) is 3.39. The van der Waals surface area contributed by atoms with Crippen LogP contribution in [0.5, 0.6) is 0 Å². The van der Waals surface area contributed by atoms with Gasteiger partial charge in [0.2, 0.25) is 5.91 Å². The number of nitrogens with one attached hydrogen (secondary N) is 2. The van der Waals surface area contributed by atoms with Gasteiger partial charge in [-0.2, -0.15) is 0 Å². The van der Waals surface area contributed by atoms with Crippen LogP contribution in [0.2, 0.25) is 5.02 Å². The molecule has 5 heteroatoms. The van der Waals surface area contributed by atoms with E-state index in [4.69, 9.17) is 11.6 Å². The number of carbonyl (C=O) groups excluding carboxylic acids is 2. The van der Waals surface area contributed by atoms with Crippen molar-refractivity contribution in [2.75, 3.05) is 5.32 Å². The van der Waals surface area contributed by atoms with Gasteiger partial charge in [-0.25, -0.2) is 0 Å². The fourth-order valence-electron chi connectivity index (χ4n) is 2.48. The van der Waals surface area contributed by atoms with E-state index in [1.165, 1.54) is 6.92 Å². The summed E-state index contributed by atoms with van der Waals surface area (Å²) in [6.07, 6.45) is 3.48. The molecule has 0 saturated carbocycles. The lowest BCUT2D eigenvalue weighted by molar-refractivity contribution is -0.114. The summed E-state index contributed by atoms with van der Waals surface area (Å²) in [5.41, 5.74) is 3.58. The molecule has 0 aliphatic rings. The van der Waals surface area contributed by atoms with Crippen LogP contribution in [0.25, 0.3) is 11.1 Å². The summed E-state index contributed by atoms with van der Waals surface area (Å²) in [6, 6.07) is 14.2. The van der Waals surface area contributed by atoms with Crippen molar-refractivity contribution in [3.63, 3.8) is 0 Å². The molecule has 0 unspecified atom stereocenters. The summed E-state index contributed by atoms with van der Waals surface area (Å²) in [6.45, 7) is 1.46. The Morgan fingerprint density at radius 3 is 2.25 bits per heavy atom. The van der Waals surface area contributed by atoms with Gasteiger partial charge in [-0.3, -0.25) is 9.59 Å². The molecule has 0 fully saturated rings. The minimum atomic E-state index is -0.122. The van der Waals surface area contributed by atoms with Crippen LogP contribution >= 0.6 is 11.6 Å². The zero-order valence-electron chi connectivity index (χ0n) is 13.0. The molecule has 0 atom stereocenters. The van der Waals surface area contributed by atoms with E-state index in [9.17, 15) is 9.59 Å². The third-order valence-corrected chi connectivity index (χ3v) is 3.86. The second-order valence-corrected chi connectivity index (χ2v) is 5.81. The van der Waals surface area contributed by atoms with Crippen LogP contribution < -0.4 is 5.32 Å². The smallest absolute Gasteiger partial charge is 0.221 e. The molecule has 0 aliphatic carbocycles. The van der Waals surface area contributed by atoms with Crippen LogP contribution in [-0.2, 0) is 4.79 Å². The molecule has 0 radical (unpaired) electrons. The molecular weight excluding hydrogens is 324 g/mol. The number of halogens is 1. The molecule has 2 N–H and O–H groups in total. The first-order valence-electron chi connectivity index (χ1n) is 7.39. The molecule has 2 aromatic carbocycles. The molecule has 0 spiro atoms.